The molecule has 3 unspecified atom stereocenters. The third-order valence-electron chi connectivity index (χ3n) is 4.17. The van der Waals surface area contributed by atoms with Gasteiger partial charge in [0.1, 0.15) is 6.10 Å². The Morgan fingerprint density at radius 2 is 2.39 bits per heavy atom. The summed E-state index contributed by atoms with van der Waals surface area (Å²) in [7, 11) is 0. The van der Waals surface area contributed by atoms with Crippen molar-refractivity contribution in [2.24, 2.45) is 5.41 Å². The summed E-state index contributed by atoms with van der Waals surface area (Å²) in [5.41, 5.74) is -0.185. The molecule has 0 aromatic carbocycles. The fraction of sp³-hybridized carbons (Fsp3) is 0.923. The normalized spacial score (nSPS) is 37.2. The molecule has 2 aliphatic rings. The summed E-state index contributed by atoms with van der Waals surface area (Å²) in [4.78, 5) is 11.9. The zero-order valence-electron chi connectivity index (χ0n) is 11.1. The van der Waals surface area contributed by atoms with Crippen LogP contribution < -0.4 is 10.6 Å². The maximum absolute atomic E-state index is 11.9. The highest BCUT2D eigenvalue weighted by molar-refractivity contribution is 5.81. The Bertz CT molecular complexity index is 292. The van der Waals surface area contributed by atoms with Crippen LogP contribution in [0.3, 0.4) is 0 Å². The van der Waals surface area contributed by atoms with Gasteiger partial charge in [0.25, 0.3) is 0 Å². The number of carbonyl (C=O) groups is 1. The lowest BCUT2D eigenvalue weighted by molar-refractivity contribution is -0.135. The van der Waals surface area contributed by atoms with Crippen LogP contribution in [0, 0.1) is 5.41 Å². The monoisotopic (exact) mass is 256 g/mol. The van der Waals surface area contributed by atoms with E-state index in [4.69, 9.17) is 4.74 Å². The van der Waals surface area contributed by atoms with Gasteiger partial charge in [0.05, 0.1) is 12.7 Å². The summed E-state index contributed by atoms with van der Waals surface area (Å²) in [6.45, 7) is 4.55. The van der Waals surface area contributed by atoms with Crippen LogP contribution in [0.2, 0.25) is 0 Å². The fourth-order valence-electron chi connectivity index (χ4n) is 2.72. The van der Waals surface area contributed by atoms with Crippen LogP contribution in [0.25, 0.3) is 0 Å². The van der Waals surface area contributed by atoms with Crippen molar-refractivity contribution < 1.29 is 14.6 Å². The molecule has 0 aromatic heterocycles. The first-order valence-electron chi connectivity index (χ1n) is 6.90. The molecule has 1 heterocycles. The first-order chi connectivity index (χ1) is 8.62. The predicted octanol–water partition coefficient (Wildman–Crippen LogP) is 0.0322. The third kappa shape index (κ3) is 3.22. The molecule has 3 N–H and O–H groups in total. The fourth-order valence-corrected chi connectivity index (χ4v) is 2.72. The van der Waals surface area contributed by atoms with Crippen LogP contribution in [0.4, 0.5) is 0 Å². The lowest BCUT2D eigenvalue weighted by atomic mass is 9.73. The number of ether oxygens (including phenoxy) is 1. The lowest BCUT2D eigenvalue weighted by Gasteiger charge is -2.38. The maximum Gasteiger partial charge on any atom is 0.250 e. The van der Waals surface area contributed by atoms with Crippen molar-refractivity contribution in [2.45, 2.75) is 44.8 Å². The summed E-state index contributed by atoms with van der Waals surface area (Å²) in [5.74, 6) is -0.0683. The van der Waals surface area contributed by atoms with Crippen LogP contribution >= 0.6 is 0 Å². The van der Waals surface area contributed by atoms with Gasteiger partial charge in [0.15, 0.2) is 0 Å². The maximum atomic E-state index is 11.9. The molecule has 3 atom stereocenters. The van der Waals surface area contributed by atoms with Crippen molar-refractivity contribution in [1.82, 2.24) is 10.6 Å². The zero-order valence-corrected chi connectivity index (χ0v) is 11.1. The first-order valence-corrected chi connectivity index (χ1v) is 6.90. The molecule has 0 radical (unpaired) electrons. The van der Waals surface area contributed by atoms with Gasteiger partial charge >= 0.3 is 0 Å². The van der Waals surface area contributed by atoms with Crippen LogP contribution in [0.5, 0.6) is 0 Å². The third-order valence-corrected chi connectivity index (χ3v) is 4.17. The SMILES string of the molecule is CC1(CNC(=O)C2CNCCO2)CCCCC1O. The van der Waals surface area contributed by atoms with Crippen LogP contribution in [0.1, 0.15) is 32.6 Å². The molecule has 0 aromatic rings. The summed E-state index contributed by atoms with van der Waals surface area (Å²) in [6.07, 6.45) is 3.33. The van der Waals surface area contributed by atoms with Crippen molar-refractivity contribution in [3.8, 4) is 0 Å². The van der Waals surface area contributed by atoms with Gasteiger partial charge in [-0.15, -0.1) is 0 Å². The topological polar surface area (TPSA) is 70.6 Å². The van der Waals surface area contributed by atoms with E-state index < -0.39 is 0 Å². The molecule has 5 heteroatoms. The summed E-state index contributed by atoms with van der Waals surface area (Å²) in [5, 5.41) is 16.1. The summed E-state index contributed by atoms with van der Waals surface area (Å²) in [6, 6.07) is 0. The minimum absolute atomic E-state index is 0.0683. The van der Waals surface area contributed by atoms with Crippen molar-refractivity contribution in [3.05, 3.63) is 0 Å². The molecule has 18 heavy (non-hydrogen) atoms. The van der Waals surface area contributed by atoms with E-state index in [1.165, 1.54) is 0 Å². The summed E-state index contributed by atoms with van der Waals surface area (Å²) < 4.78 is 5.40. The van der Waals surface area contributed by atoms with Crippen LogP contribution in [-0.2, 0) is 9.53 Å². The average Bonchev–Trinajstić information content (AvgIpc) is 2.41. The molecule has 0 spiro atoms. The number of carbonyl (C=O) groups excluding carboxylic acids is 1. The largest absolute Gasteiger partial charge is 0.392 e. The second-order valence-electron chi connectivity index (χ2n) is 5.70. The average molecular weight is 256 g/mol. The van der Waals surface area contributed by atoms with Crippen molar-refractivity contribution in [1.29, 1.82) is 0 Å². The zero-order chi connectivity index (χ0) is 13.0. The Hall–Kier alpha value is -0.650. The van der Waals surface area contributed by atoms with Gasteiger partial charge in [-0.1, -0.05) is 19.8 Å². The molecule has 2 fully saturated rings. The van der Waals surface area contributed by atoms with Crippen molar-refractivity contribution in [3.63, 3.8) is 0 Å². The van der Waals surface area contributed by atoms with Gasteiger partial charge in [-0.3, -0.25) is 4.79 Å². The predicted molar refractivity (Wildman–Crippen MR) is 68.2 cm³/mol. The number of aliphatic hydroxyl groups is 1. The Morgan fingerprint density at radius 3 is 3.06 bits per heavy atom. The van der Waals surface area contributed by atoms with E-state index in [1.807, 2.05) is 0 Å². The quantitative estimate of drug-likeness (QED) is 0.666. The molecule has 2 rings (SSSR count). The van der Waals surface area contributed by atoms with Crippen LogP contribution in [0.15, 0.2) is 0 Å². The number of rotatable bonds is 3. The second kappa shape index (κ2) is 5.99. The number of nitrogens with one attached hydrogen (secondary N) is 2. The van der Waals surface area contributed by atoms with E-state index in [0.717, 1.165) is 32.2 Å². The van der Waals surface area contributed by atoms with Gasteiger partial charge in [-0.05, 0) is 12.8 Å². The van der Waals surface area contributed by atoms with Gasteiger partial charge < -0.3 is 20.5 Å². The lowest BCUT2D eigenvalue weighted by Crippen LogP contribution is -2.51. The van der Waals surface area contributed by atoms with E-state index in [9.17, 15) is 9.90 Å². The summed E-state index contributed by atoms with van der Waals surface area (Å²) >= 11 is 0. The van der Waals surface area contributed by atoms with Gasteiger partial charge in [0.2, 0.25) is 5.91 Å². The molecule has 0 bridgehead atoms. The van der Waals surface area contributed by atoms with E-state index in [0.29, 0.717) is 19.7 Å². The van der Waals surface area contributed by atoms with E-state index in [2.05, 4.69) is 17.6 Å². The van der Waals surface area contributed by atoms with E-state index in [1.54, 1.807) is 0 Å². The second-order valence-corrected chi connectivity index (χ2v) is 5.70. The van der Waals surface area contributed by atoms with Gasteiger partial charge in [-0.25, -0.2) is 0 Å². The van der Waals surface area contributed by atoms with Crippen LogP contribution in [-0.4, -0.2) is 49.5 Å². The Labute approximate surface area is 108 Å². The molecule has 1 amide bonds. The van der Waals surface area contributed by atoms with E-state index >= 15 is 0 Å². The number of hydrogen-bond donors (Lipinski definition) is 3. The van der Waals surface area contributed by atoms with E-state index in [-0.39, 0.29) is 23.5 Å². The highest BCUT2D eigenvalue weighted by atomic mass is 16.5. The Balaban J connectivity index is 1.80. The standard InChI is InChI=1S/C13H24N2O3/c1-13(5-3-2-4-11(13)16)9-15-12(17)10-8-14-6-7-18-10/h10-11,14,16H,2-9H2,1H3,(H,15,17). The molecule has 104 valence electrons. The number of morpholine rings is 1. The first kappa shape index (κ1) is 13.8. The molecule has 1 saturated carbocycles. The van der Waals surface area contributed by atoms with Gasteiger partial charge in [-0.2, -0.15) is 0 Å². The van der Waals surface area contributed by atoms with Gasteiger partial charge in [0, 0.05) is 25.0 Å². The molecule has 1 aliphatic heterocycles. The highest BCUT2D eigenvalue weighted by Crippen LogP contribution is 2.35. The molecule has 1 saturated heterocycles. The smallest absolute Gasteiger partial charge is 0.250 e. The Kier molecular flexibility index (Phi) is 4.59. The molecular formula is C13H24N2O3. The molecule has 1 aliphatic carbocycles. The number of hydrogen-bond acceptors (Lipinski definition) is 4. The van der Waals surface area contributed by atoms with Crippen molar-refractivity contribution >= 4 is 5.91 Å². The highest BCUT2D eigenvalue weighted by Gasteiger charge is 2.36. The Morgan fingerprint density at radius 1 is 1.56 bits per heavy atom. The number of aliphatic hydroxyl groups excluding tert-OH is 1. The molecule has 5 nitrogen and oxygen atoms in total. The molecular weight excluding hydrogens is 232 g/mol. The van der Waals surface area contributed by atoms with Crippen molar-refractivity contribution in [2.75, 3.05) is 26.2 Å². The minimum atomic E-state index is -0.386. The minimum Gasteiger partial charge on any atom is -0.392 e. The number of amides is 1.